The summed E-state index contributed by atoms with van der Waals surface area (Å²) in [7, 11) is 0. The highest BCUT2D eigenvalue weighted by Crippen LogP contribution is 2.20. The summed E-state index contributed by atoms with van der Waals surface area (Å²) in [6, 6.07) is 0. The molecule has 0 radical (unpaired) electrons. The van der Waals surface area contributed by atoms with Gasteiger partial charge in [0, 0.05) is 5.25 Å². The minimum atomic E-state index is -0.799. The Kier molecular flexibility index (Phi) is 3.30. The summed E-state index contributed by atoms with van der Waals surface area (Å²) in [4.78, 5) is 14.4. The number of aryl methyl sites for hydroxylation is 1. The van der Waals surface area contributed by atoms with Crippen LogP contribution in [0.15, 0.2) is 5.16 Å². The quantitative estimate of drug-likeness (QED) is 0.712. The first-order chi connectivity index (χ1) is 6.08. The standard InChI is InChI=1S/C7H11N3O2S/c1-4(3-6(11)12)13-7-8-5(2)9-10-7/h4H,3H2,1-2H3,(H,11,12)(H,8,9,10). The van der Waals surface area contributed by atoms with Gasteiger partial charge in [0.1, 0.15) is 5.82 Å². The van der Waals surface area contributed by atoms with Crippen LogP contribution in [0.2, 0.25) is 0 Å². The van der Waals surface area contributed by atoms with E-state index in [2.05, 4.69) is 15.2 Å². The Morgan fingerprint density at radius 3 is 2.92 bits per heavy atom. The van der Waals surface area contributed by atoms with Gasteiger partial charge in [0.25, 0.3) is 0 Å². The van der Waals surface area contributed by atoms with Gasteiger partial charge < -0.3 is 5.11 Å². The number of thioether (sulfide) groups is 1. The Labute approximate surface area is 80.0 Å². The average Bonchev–Trinajstić information content (AvgIpc) is 2.33. The summed E-state index contributed by atoms with van der Waals surface area (Å²) in [6.45, 7) is 3.64. The number of H-pyrrole nitrogens is 1. The van der Waals surface area contributed by atoms with Gasteiger partial charge in [0.15, 0.2) is 0 Å². The van der Waals surface area contributed by atoms with E-state index in [0.717, 1.165) is 5.82 Å². The van der Waals surface area contributed by atoms with Crippen LogP contribution >= 0.6 is 11.8 Å². The van der Waals surface area contributed by atoms with Gasteiger partial charge in [-0.1, -0.05) is 18.7 Å². The number of nitrogens with one attached hydrogen (secondary N) is 1. The Bertz CT molecular complexity index is 300. The number of aromatic amines is 1. The molecular weight excluding hydrogens is 190 g/mol. The third kappa shape index (κ3) is 3.45. The molecule has 0 saturated heterocycles. The summed E-state index contributed by atoms with van der Waals surface area (Å²) in [5.74, 6) is -0.0581. The fraction of sp³-hybridized carbons (Fsp3) is 0.571. The molecule has 0 saturated carbocycles. The molecule has 1 heterocycles. The van der Waals surface area contributed by atoms with Crippen molar-refractivity contribution in [3.63, 3.8) is 0 Å². The van der Waals surface area contributed by atoms with Crippen LogP contribution in [0.3, 0.4) is 0 Å². The number of rotatable bonds is 4. The molecule has 2 N–H and O–H groups in total. The van der Waals surface area contributed by atoms with E-state index >= 15 is 0 Å². The number of aromatic nitrogens is 3. The third-order valence-electron chi connectivity index (χ3n) is 1.35. The number of carbonyl (C=O) groups is 1. The maximum absolute atomic E-state index is 10.3. The van der Waals surface area contributed by atoms with Gasteiger partial charge in [-0.05, 0) is 6.92 Å². The molecular formula is C7H11N3O2S. The number of nitrogens with zero attached hydrogens (tertiary/aromatic N) is 2. The molecule has 13 heavy (non-hydrogen) atoms. The van der Waals surface area contributed by atoms with Crippen molar-refractivity contribution in [2.24, 2.45) is 0 Å². The summed E-state index contributed by atoms with van der Waals surface area (Å²) >= 11 is 1.36. The van der Waals surface area contributed by atoms with E-state index in [1.54, 1.807) is 6.92 Å². The Morgan fingerprint density at radius 2 is 2.46 bits per heavy atom. The lowest BCUT2D eigenvalue weighted by atomic mass is 10.3. The number of aliphatic carboxylic acids is 1. The number of carboxylic acids is 1. The maximum atomic E-state index is 10.3. The lowest BCUT2D eigenvalue weighted by Crippen LogP contribution is -2.05. The van der Waals surface area contributed by atoms with E-state index in [4.69, 9.17) is 5.11 Å². The number of hydrogen-bond acceptors (Lipinski definition) is 4. The first-order valence-corrected chi connectivity index (χ1v) is 4.73. The van der Waals surface area contributed by atoms with Crippen molar-refractivity contribution in [1.29, 1.82) is 0 Å². The highest BCUT2D eigenvalue weighted by molar-refractivity contribution is 7.99. The Balaban J connectivity index is 2.44. The molecule has 6 heteroatoms. The van der Waals surface area contributed by atoms with Crippen LogP contribution in [0.25, 0.3) is 0 Å². The highest BCUT2D eigenvalue weighted by atomic mass is 32.2. The van der Waals surface area contributed by atoms with E-state index in [0.29, 0.717) is 5.16 Å². The van der Waals surface area contributed by atoms with E-state index in [9.17, 15) is 4.79 Å². The molecule has 1 rings (SSSR count). The second-order valence-corrected chi connectivity index (χ2v) is 4.14. The van der Waals surface area contributed by atoms with Crippen LogP contribution < -0.4 is 0 Å². The van der Waals surface area contributed by atoms with Gasteiger partial charge in [-0.2, -0.15) is 0 Å². The lowest BCUT2D eigenvalue weighted by Gasteiger charge is -2.03. The van der Waals surface area contributed by atoms with Gasteiger partial charge in [-0.3, -0.25) is 9.89 Å². The zero-order chi connectivity index (χ0) is 9.84. The van der Waals surface area contributed by atoms with Crippen molar-refractivity contribution in [2.75, 3.05) is 0 Å². The van der Waals surface area contributed by atoms with Gasteiger partial charge >= 0.3 is 5.97 Å². The first-order valence-electron chi connectivity index (χ1n) is 3.85. The van der Waals surface area contributed by atoms with E-state index in [1.807, 2.05) is 6.92 Å². The molecule has 0 amide bonds. The molecule has 0 aliphatic rings. The van der Waals surface area contributed by atoms with Crippen molar-refractivity contribution in [3.8, 4) is 0 Å². The predicted molar refractivity (Wildman–Crippen MR) is 48.7 cm³/mol. The molecule has 0 aliphatic carbocycles. The molecule has 0 fully saturated rings. The minimum Gasteiger partial charge on any atom is -0.481 e. The van der Waals surface area contributed by atoms with E-state index in [-0.39, 0.29) is 11.7 Å². The maximum Gasteiger partial charge on any atom is 0.304 e. The predicted octanol–water partition coefficient (Wildman–Crippen LogP) is 1.07. The second kappa shape index (κ2) is 4.27. The SMILES string of the molecule is Cc1nc(SC(C)CC(=O)O)n[nH]1. The van der Waals surface area contributed by atoms with Gasteiger partial charge in [0.2, 0.25) is 5.16 Å². The fourth-order valence-electron chi connectivity index (χ4n) is 0.842. The average molecular weight is 201 g/mol. The monoisotopic (exact) mass is 201 g/mol. The molecule has 1 unspecified atom stereocenters. The number of carboxylic acid groups (broad SMARTS) is 1. The molecule has 1 aromatic rings. The number of hydrogen-bond donors (Lipinski definition) is 2. The van der Waals surface area contributed by atoms with Crippen LogP contribution in [0.5, 0.6) is 0 Å². The van der Waals surface area contributed by atoms with Gasteiger partial charge in [0.05, 0.1) is 6.42 Å². The summed E-state index contributed by atoms with van der Waals surface area (Å²) in [5.41, 5.74) is 0. The molecule has 0 aliphatic heterocycles. The van der Waals surface area contributed by atoms with Crippen LogP contribution in [-0.2, 0) is 4.79 Å². The molecule has 1 atom stereocenters. The van der Waals surface area contributed by atoms with Gasteiger partial charge in [-0.25, -0.2) is 4.98 Å². The molecule has 0 aromatic carbocycles. The molecule has 0 spiro atoms. The van der Waals surface area contributed by atoms with Crippen molar-refractivity contribution < 1.29 is 9.90 Å². The van der Waals surface area contributed by atoms with E-state index in [1.165, 1.54) is 11.8 Å². The van der Waals surface area contributed by atoms with Crippen LogP contribution in [0.4, 0.5) is 0 Å². The zero-order valence-corrected chi connectivity index (χ0v) is 8.26. The normalized spacial score (nSPS) is 12.8. The lowest BCUT2D eigenvalue weighted by molar-refractivity contribution is -0.136. The smallest absolute Gasteiger partial charge is 0.304 e. The first kappa shape index (κ1) is 10.0. The third-order valence-corrected chi connectivity index (χ3v) is 2.31. The summed E-state index contributed by atoms with van der Waals surface area (Å²) in [5, 5.41) is 15.7. The highest BCUT2D eigenvalue weighted by Gasteiger charge is 2.11. The van der Waals surface area contributed by atoms with Crippen LogP contribution in [0, 0.1) is 6.92 Å². The largest absolute Gasteiger partial charge is 0.481 e. The van der Waals surface area contributed by atoms with Crippen molar-refractivity contribution in [2.45, 2.75) is 30.7 Å². The second-order valence-electron chi connectivity index (χ2n) is 2.73. The van der Waals surface area contributed by atoms with Crippen molar-refractivity contribution >= 4 is 17.7 Å². The van der Waals surface area contributed by atoms with Crippen LogP contribution in [-0.4, -0.2) is 31.5 Å². The van der Waals surface area contributed by atoms with Crippen molar-refractivity contribution in [1.82, 2.24) is 15.2 Å². The van der Waals surface area contributed by atoms with Crippen molar-refractivity contribution in [3.05, 3.63) is 5.82 Å². The van der Waals surface area contributed by atoms with Crippen LogP contribution in [0.1, 0.15) is 19.2 Å². The Morgan fingerprint density at radius 1 is 1.77 bits per heavy atom. The molecule has 0 bridgehead atoms. The summed E-state index contributed by atoms with van der Waals surface area (Å²) in [6.07, 6.45) is 0.123. The fourth-order valence-corrected chi connectivity index (χ4v) is 1.72. The van der Waals surface area contributed by atoms with E-state index < -0.39 is 5.97 Å². The van der Waals surface area contributed by atoms with Gasteiger partial charge in [-0.15, -0.1) is 5.10 Å². The minimum absolute atomic E-state index is 0.00676. The zero-order valence-electron chi connectivity index (χ0n) is 7.44. The molecule has 5 nitrogen and oxygen atoms in total. The summed E-state index contributed by atoms with van der Waals surface area (Å²) < 4.78 is 0. The Hall–Kier alpha value is -1.04. The molecule has 1 aromatic heterocycles. The molecule has 72 valence electrons. The topological polar surface area (TPSA) is 78.9 Å².